The number of hydrogen-bond acceptors (Lipinski definition) is 6. The van der Waals surface area contributed by atoms with Gasteiger partial charge in [0, 0.05) is 12.6 Å². The van der Waals surface area contributed by atoms with E-state index in [-0.39, 0.29) is 48.4 Å². The number of rotatable bonds is 22. The van der Waals surface area contributed by atoms with Gasteiger partial charge in [-0.2, -0.15) is 0 Å². The molecular weight excluding hydrogens is 1000 g/mol. The monoisotopic (exact) mass is 1090 g/mol. The minimum absolute atomic E-state index is 0.0398. The Hall–Kier alpha value is -3.44. The second-order valence-corrected chi connectivity index (χ2v) is 36.7. The van der Waals surface area contributed by atoms with E-state index < -0.39 is 12.6 Å². The van der Waals surface area contributed by atoms with Gasteiger partial charge in [-0.1, -0.05) is 46.8 Å². The first-order chi connectivity index (χ1) is 32.5. The van der Waals surface area contributed by atoms with Crippen LogP contribution in [0.1, 0.15) is 99.4 Å². The van der Waals surface area contributed by atoms with Crippen LogP contribution in [0.25, 0.3) is 0 Å². The van der Waals surface area contributed by atoms with E-state index in [2.05, 4.69) is 221 Å². The van der Waals surface area contributed by atoms with Crippen molar-refractivity contribution in [3.8, 4) is 5.75 Å². The van der Waals surface area contributed by atoms with E-state index in [9.17, 15) is 9.59 Å². The van der Waals surface area contributed by atoms with E-state index in [4.69, 9.17) is 18.6 Å². The number of hydrogen-bond donors (Lipinski definition) is 0. The predicted molar refractivity (Wildman–Crippen MR) is 306 cm³/mol. The molecule has 1 aliphatic rings. The normalized spacial score (nSPS) is 17.7. The molecule has 0 radical (unpaired) electrons. The Morgan fingerprint density at radius 1 is 0.812 bits per heavy atom. The van der Waals surface area contributed by atoms with Crippen LogP contribution in [-0.2, 0) is 18.7 Å². The third kappa shape index (κ3) is 14.4. The Kier molecular flexibility index (Phi) is 21.7. The van der Waals surface area contributed by atoms with Gasteiger partial charge in [0.2, 0.25) is 0 Å². The largest absolute Gasteiger partial charge is 0.482 e. The predicted octanol–water partition coefficient (Wildman–Crippen LogP) is 14.2. The van der Waals surface area contributed by atoms with Gasteiger partial charge in [0.05, 0.1) is 5.69 Å². The third-order valence-corrected chi connectivity index (χ3v) is 31.1. The zero-order chi connectivity index (χ0) is 51.2. The molecule has 0 saturated carbocycles. The number of nitrogens with zero attached hydrogens (tertiary/aromatic N) is 1. The molecule has 0 bridgehead atoms. The SMILES string of the molecule is CC/C=C\C(C)[C@H](C)[C@@H](C)[C@H](O[Si](C)(C)C(C)(C)C)[C@@H](C)C/C(C)=C\[C@H](C)[C@@H](OCOC)C(C)CP(I)(c1ccccc1)(c1ccccc1)c1ccccc1.CN1C(=O)COc2ccc(C=O)cc21. The quantitative estimate of drug-likeness (QED) is 0.0195. The molecule has 4 aromatic carbocycles. The molecule has 1 heterocycles. The number of aldehydes is 1. The summed E-state index contributed by atoms with van der Waals surface area (Å²) in [5.74, 6) is 2.74. The van der Waals surface area contributed by atoms with Crippen LogP contribution in [0, 0.1) is 35.5 Å². The number of fused-ring (bicyclic) bond motifs is 1. The van der Waals surface area contributed by atoms with Crippen molar-refractivity contribution in [1.82, 2.24) is 0 Å². The molecule has 7 nitrogen and oxygen atoms in total. The van der Waals surface area contributed by atoms with Crippen LogP contribution < -0.4 is 25.6 Å². The minimum Gasteiger partial charge on any atom is -0.482 e. The molecule has 10 heteroatoms. The Morgan fingerprint density at radius 2 is 1.35 bits per heavy atom. The van der Waals surface area contributed by atoms with Crippen molar-refractivity contribution < 1.29 is 28.2 Å². The van der Waals surface area contributed by atoms with E-state index in [1.54, 1.807) is 32.4 Å². The molecule has 2 unspecified atom stereocenters. The Morgan fingerprint density at radius 3 is 1.83 bits per heavy atom. The Bertz CT molecular complexity index is 2180. The molecule has 0 aromatic heterocycles. The standard InChI is InChI=1S/C49H76IO3PSi.C10H9NO3/c1-15-16-26-38(3)42(7)43(8)48(53-55(13,14)49(9,10)11)40(5)34-37(2)33-39(4)47(52-36-51-12)41(6)35-54(50,44-27-20-17-21-28-44,45-29-22-18-23-30-45)46-31-24-19-25-32-46;1-11-8-4-7(5-12)2-3-9(8)14-6-10(11)13/h16-33,38-43,47-48H,15,34-36H2,1-14H3;2-5H,6H2,1H3/b26-16-,37-33-;/t38?,39-,40-,41?,42-,43+,47+,48+;/m0./s1. The van der Waals surface area contributed by atoms with Crippen molar-refractivity contribution >= 4 is 68.4 Å². The summed E-state index contributed by atoms with van der Waals surface area (Å²) >= 11 is 2.92. The number of carbonyl (C=O) groups excluding carboxylic acids is 2. The molecular formula is C59H85INO6PSi. The number of amides is 1. The topological polar surface area (TPSA) is 74.3 Å². The molecule has 0 aliphatic carbocycles. The van der Waals surface area contributed by atoms with Crippen LogP contribution in [0.3, 0.4) is 0 Å². The Labute approximate surface area is 431 Å². The number of carbonyl (C=O) groups is 2. The molecule has 4 aromatic rings. The third-order valence-electron chi connectivity index (χ3n) is 15.0. The fourth-order valence-corrected chi connectivity index (χ4v) is 21.2. The molecule has 8 atom stereocenters. The molecule has 0 spiro atoms. The van der Waals surface area contributed by atoms with Crippen LogP contribution in [0.15, 0.2) is 133 Å². The summed E-state index contributed by atoms with van der Waals surface area (Å²) in [6.45, 7) is 31.2. The van der Waals surface area contributed by atoms with E-state index in [1.807, 2.05) is 0 Å². The van der Waals surface area contributed by atoms with Gasteiger partial charge in [0.15, 0.2) is 6.61 Å². The fraction of sp³-hybridized carbons (Fsp3) is 0.492. The molecule has 0 saturated heterocycles. The van der Waals surface area contributed by atoms with Crippen molar-refractivity contribution in [3.05, 3.63) is 139 Å². The van der Waals surface area contributed by atoms with Gasteiger partial charge in [0.1, 0.15) is 12.0 Å². The second-order valence-electron chi connectivity index (χ2n) is 21.3. The van der Waals surface area contributed by atoms with Crippen LogP contribution in [0.4, 0.5) is 5.69 Å². The van der Waals surface area contributed by atoms with Crippen LogP contribution in [0.5, 0.6) is 5.75 Å². The molecule has 0 N–H and O–H groups in total. The fourth-order valence-electron chi connectivity index (χ4n) is 9.77. The molecule has 378 valence electrons. The first-order valence-electron chi connectivity index (χ1n) is 25.0. The van der Waals surface area contributed by atoms with Crippen molar-refractivity contribution in [2.75, 3.05) is 38.6 Å². The smallest absolute Gasteiger partial charge is 0.264 e. The summed E-state index contributed by atoms with van der Waals surface area (Å²) < 4.78 is 21.9. The average Bonchev–Trinajstić information content (AvgIpc) is 3.33. The minimum atomic E-state index is -3.01. The van der Waals surface area contributed by atoms with Crippen LogP contribution in [0.2, 0.25) is 18.1 Å². The van der Waals surface area contributed by atoms with Gasteiger partial charge in [-0.25, -0.2) is 0 Å². The van der Waals surface area contributed by atoms with Crippen LogP contribution >= 0.6 is 26.3 Å². The summed E-state index contributed by atoms with van der Waals surface area (Å²) in [6, 6.07) is 38.7. The van der Waals surface area contributed by atoms with Crippen molar-refractivity contribution in [2.45, 2.75) is 119 Å². The van der Waals surface area contributed by atoms with Gasteiger partial charge >= 0.3 is 301 Å². The molecule has 69 heavy (non-hydrogen) atoms. The average molecular weight is 1090 g/mol. The number of anilines is 1. The number of benzene rings is 4. The van der Waals surface area contributed by atoms with E-state index in [0.29, 0.717) is 40.7 Å². The summed E-state index contributed by atoms with van der Waals surface area (Å²) in [5.41, 5.74) is 2.58. The number of methoxy groups -OCH3 is 1. The van der Waals surface area contributed by atoms with Gasteiger partial charge in [-0.15, -0.1) is 0 Å². The second kappa shape index (κ2) is 25.8. The summed E-state index contributed by atoms with van der Waals surface area (Å²) in [7, 11) is 1.38. The zero-order valence-corrected chi connectivity index (χ0v) is 48.6. The summed E-state index contributed by atoms with van der Waals surface area (Å²) in [5, 5.41) is 4.34. The maximum absolute atomic E-state index is 11.3. The molecule has 5 rings (SSSR count). The number of likely N-dealkylation sites (N-methyl/N-ethyl adjacent to an activating group) is 1. The Balaban J connectivity index is 0.000000626. The van der Waals surface area contributed by atoms with Gasteiger partial charge in [-0.05, 0) is 24.6 Å². The van der Waals surface area contributed by atoms with Gasteiger partial charge in [0.25, 0.3) is 5.91 Å². The summed E-state index contributed by atoms with van der Waals surface area (Å²) in [4.78, 5) is 23.3. The van der Waals surface area contributed by atoms with Gasteiger partial charge < -0.3 is 9.64 Å². The van der Waals surface area contributed by atoms with E-state index >= 15 is 0 Å². The van der Waals surface area contributed by atoms with Crippen molar-refractivity contribution in [1.29, 1.82) is 0 Å². The zero-order valence-electron chi connectivity index (χ0n) is 44.6. The number of halogens is 1. The molecule has 1 aliphatic heterocycles. The maximum Gasteiger partial charge on any atom is 0.264 e. The molecule has 0 fully saturated rings. The number of ether oxygens (including phenoxy) is 3. The number of allylic oxidation sites excluding steroid dienone is 3. The summed E-state index contributed by atoms with van der Waals surface area (Å²) in [6.07, 6.45) is 11.1. The maximum atomic E-state index is 11.3. The van der Waals surface area contributed by atoms with E-state index in [0.717, 1.165) is 25.3 Å². The first-order valence-corrected chi connectivity index (χ1v) is 33.2. The molecule has 1 amide bonds. The first kappa shape index (κ1) is 58.1. The van der Waals surface area contributed by atoms with Crippen molar-refractivity contribution in [2.24, 2.45) is 35.5 Å². The van der Waals surface area contributed by atoms with Gasteiger partial charge in [-0.3, -0.25) is 9.59 Å². The van der Waals surface area contributed by atoms with Crippen molar-refractivity contribution in [3.63, 3.8) is 0 Å². The van der Waals surface area contributed by atoms with Crippen LogP contribution in [-0.4, -0.2) is 66.4 Å². The van der Waals surface area contributed by atoms with E-state index in [1.165, 1.54) is 26.4 Å².